The lowest BCUT2D eigenvalue weighted by Crippen LogP contribution is -2.41. The molecule has 0 saturated heterocycles. The molecule has 0 unspecified atom stereocenters. The average Bonchev–Trinajstić information content (AvgIpc) is 3.03. The van der Waals surface area contributed by atoms with Gasteiger partial charge in [0.2, 0.25) is 0 Å². The highest BCUT2D eigenvalue weighted by molar-refractivity contribution is 5.94. The zero-order chi connectivity index (χ0) is 18.3. The number of carbonyl (C=O) groups is 1. The van der Waals surface area contributed by atoms with Crippen molar-refractivity contribution in [1.29, 1.82) is 0 Å². The Labute approximate surface area is 153 Å². The van der Waals surface area contributed by atoms with Crippen molar-refractivity contribution in [2.75, 3.05) is 6.61 Å². The first-order valence-electron chi connectivity index (χ1n) is 9.19. The number of ether oxygens (including phenoxy) is 1. The number of nitrogens with zero attached hydrogens (tertiary/aromatic N) is 1. The summed E-state index contributed by atoms with van der Waals surface area (Å²) in [4.78, 5) is 17.2. The van der Waals surface area contributed by atoms with Crippen LogP contribution in [0, 0.1) is 19.8 Å². The molecule has 1 aliphatic heterocycles. The number of aliphatic hydroxyl groups is 1. The second kappa shape index (κ2) is 6.72. The Bertz CT molecular complexity index is 823. The molecule has 136 valence electrons. The zero-order valence-corrected chi connectivity index (χ0v) is 15.2. The van der Waals surface area contributed by atoms with Gasteiger partial charge in [-0.25, -0.2) is 0 Å². The number of carbonyl (C=O) groups excluding carboxylic acids is 1. The molecule has 0 spiro atoms. The van der Waals surface area contributed by atoms with E-state index in [4.69, 9.17) is 4.74 Å². The van der Waals surface area contributed by atoms with E-state index < -0.39 is 0 Å². The Morgan fingerprint density at radius 1 is 1.23 bits per heavy atom. The van der Waals surface area contributed by atoms with Crippen LogP contribution >= 0.6 is 0 Å². The number of hydrogen-bond acceptors (Lipinski definition) is 4. The van der Waals surface area contributed by atoms with E-state index in [1.165, 1.54) is 5.56 Å². The summed E-state index contributed by atoms with van der Waals surface area (Å²) in [5, 5.41) is 13.0. The van der Waals surface area contributed by atoms with E-state index in [9.17, 15) is 9.90 Å². The lowest BCUT2D eigenvalue weighted by atomic mass is 9.74. The fourth-order valence-electron chi connectivity index (χ4n) is 3.97. The molecule has 1 aromatic carbocycles. The maximum atomic E-state index is 12.9. The van der Waals surface area contributed by atoms with Crippen molar-refractivity contribution in [3.05, 3.63) is 58.4 Å². The van der Waals surface area contributed by atoms with Crippen molar-refractivity contribution in [1.82, 2.24) is 10.3 Å². The summed E-state index contributed by atoms with van der Waals surface area (Å²) in [5.74, 6) is 1.09. The standard InChI is InChI=1S/C21H24N2O3/c1-12-7-17(8-13(2)22-12)21(25)23-20(16-10-18(24)11-16)15-3-4-19-14(9-15)5-6-26-19/h3-4,7-9,16,18,20,24H,5-6,10-11H2,1-2H3,(H,23,25)/t16?,18?,20-/m0/s1. The lowest BCUT2D eigenvalue weighted by Gasteiger charge is -2.38. The van der Waals surface area contributed by atoms with Gasteiger partial charge in [0.25, 0.3) is 5.91 Å². The summed E-state index contributed by atoms with van der Waals surface area (Å²) in [6.07, 6.45) is 2.07. The van der Waals surface area contributed by atoms with Gasteiger partial charge in [-0.1, -0.05) is 6.07 Å². The molecule has 0 radical (unpaired) electrons. The van der Waals surface area contributed by atoms with Crippen LogP contribution in [-0.2, 0) is 6.42 Å². The van der Waals surface area contributed by atoms with Gasteiger partial charge in [-0.3, -0.25) is 9.78 Å². The SMILES string of the molecule is Cc1cc(C(=O)N[C@@H](c2ccc3c(c2)CCO3)C2CC(O)C2)cc(C)n1. The number of hydrogen-bond donors (Lipinski definition) is 2. The number of aromatic nitrogens is 1. The molecule has 26 heavy (non-hydrogen) atoms. The Hall–Kier alpha value is -2.40. The molecule has 5 nitrogen and oxygen atoms in total. The molecular weight excluding hydrogens is 328 g/mol. The van der Waals surface area contributed by atoms with Gasteiger partial charge in [0.05, 0.1) is 18.8 Å². The molecular formula is C21H24N2O3. The molecule has 2 heterocycles. The van der Waals surface area contributed by atoms with E-state index in [2.05, 4.69) is 16.4 Å². The second-order valence-corrected chi connectivity index (χ2v) is 7.44. The van der Waals surface area contributed by atoms with Gasteiger partial charge >= 0.3 is 0 Å². The monoisotopic (exact) mass is 352 g/mol. The largest absolute Gasteiger partial charge is 0.493 e. The van der Waals surface area contributed by atoms with Gasteiger partial charge in [0, 0.05) is 23.4 Å². The minimum atomic E-state index is -0.262. The van der Waals surface area contributed by atoms with Crippen LogP contribution in [0.3, 0.4) is 0 Å². The molecule has 1 aromatic heterocycles. The van der Waals surface area contributed by atoms with E-state index >= 15 is 0 Å². The molecule has 1 aliphatic carbocycles. The van der Waals surface area contributed by atoms with Crippen molar-refractivity contribution in [3.8, 4) is 5.75 Å². The van der Waals surface area contributed by atoms with Crippen LogP contribution < -0.4 is 10.1 Å². The maximum absolute atomic E-state index is 12.9. The fraction of sp³-hybridized carbons (Fsp3) is 0.429. The van der Waals surface area contributed by atoms with Crippen molar-refractivity contribution in [2.45, 2.75) is 45.3 Å². The summed E-state index contributed by atoms with van der Waals surface area (Å²) >= 11 is 0. The molecule has 0 bridgehead atoms. The number of rotatable bonds is 4. The molecule has 1 fully saturated rings. The van der Waals surface area contributed by atoms with E-state index in [-0.39, 0.29) is 24.0 Å². The van der Waals surface area contributed by atoms with Crippen LogP contribution in [0.1, 0.15) is 51.8 Å². The highest BCUT2D eigenvalue weighted by Gasteiger charge is 2.36. The van der Waals surface area contributed by atoms with E-state index in [0.717, 1.165) is 29.1 Å². The van der Waals surface area contributed by atoms with Crippen LogP contribution in [0.15, 0.2) is 30.3 Å². The Morgan fingerprint density at radius 2 is 1.96 bits per heavy atom. The van der Waals surface area contributed by atoms with Gasteiger partial charge in [-0.15, -0.1) is 0 Å². The van der Waals surface area contributed by atoms with Crippen LogP contribution in [-0.4, -0.2) is 28.7 Å². The van der Waals surface area contributed by atoms with Crippen molar-refractivity contribution in [2.24, 2.45) is 5.92 Å². The van der Waals surface area contributed by atoms with E-state index in [1.54, 1.807) is 0 Å². The van der Waals surface area contributed by atoms with Gasteiger partial charge in [0.15, 0.2) is 0 Å². The topological polar surface area (TPSA) is 71.5 Å². The molecule has 2 aliphatic rings. The molecule has 4 rings (SSSR count). The molecule has 5 heteroatoms. The predicted octanol–water partition coefficient (Wildman–Crippen LogP) is 2.88. The summed E-state index contributed by atoms with van der Waals surface area (Å²) in [5.41, 5.74) is 4.57. The van der Waals surface area contributed by atoms with Crippen LogP contribution in [0.2, 0.25) is 0 Å². The van der Waals surface area contributed by atoms with Crippen LogP contribution in [0.4, 0.5) is 0 Å². The number of amides is 1. The third-order valence-corrected chi connectivity index (χ3v) is 5.32. The van der Waals surface area contributed by atoms with Crippen molar-refractivity contribution < 1.29 is 14.6 Å². The zero-order valence-electron chi connectivity index (χ0n) is 15.2. The third-order valence-electron chi connectivity index (χ3n) is 5.32. The van der Waals surface area contributed by atoms with Crippen molar-refractivity contribution in [3.63, 3.8) is 0 Å². The highest BCUT2D eigenvalue weighted by Crippen LogP contribution is 2.40. The summed E-state index contributed by atoms with van der Waals surface area (Å²) in [6, 6.07) is 9.68. The van der Waals surface area contributed by atoms with Gasteiger partial charge in [0.1, 0.15) is 5.75 Å². The summed E-state index contributed by atoms with van der Waals surface area (Å²) < 4.78 is 5.59. The number of aryl methyl sites for hydroxylation is 2. The molecule has 1 amide bonds. The minimum absolute atomic E-state index is 0.0956. The first-order chi connectivity index (χ1) is 12.5. The Kier molecular flexibility index (Phi) is 4.41. The van der Waals surface area contributed by atoms with Crippen LogP contribution in [0.25, 0.3) is 0 Å². The summed E-state index contributed by atoms with van der Waals surface area (Å²) in [6.45, 7) is 4.50. The normalized spacial score (nSPS) is 22.1. The predicted molar refractivity (Wildman–Crippen MR) is 98.3 cm³/mol. The summed E-state index contributed by atoms with van der Waals surface area (Å²) in [7, 11) is 0. The Balaban J connectivity index is 1.60. The fourth-order valence-corrected chi connectivity index (χ4v) is 3.97. The smallest absolute Gasteiger partial charge is 0.251 e. The highest BCUT2D eigenvalue weighted by atomic mass is 16.5. The molecule has 2 aromatic rings. The number of fused-ring (bicyclic) bond motifs is 1. The quantitative estimate of drug-likeness (QED) is 0.888. The number of aliphatic hydroxyl groups excluding tert-OH is 1. The average molecular weight is 352 g/mol. The lowest BCUT2D eigenvalue weighted by molar-refractivity contribution is 0.0235. The third kappa shape index (κ3) is 3.31. The van der Waals surface area contributed by atoms with Gasteiger partial charge in [-0.2, -0.15) is 0 Å². The Morgan fingerprint density at radius 3 is 2.65 bits per heavy atom. The second-order valence-electron chi connectivity index (χ2n) is 7.44. The van der Waals surface area contributed by atoms with Gasteiger partial charge in [-0.05, 0) is 68.0 Å². The van der Waals surface area contributed by atoms with Gasteiger partial charge < -0.3 is 15.2 Å². The molecule has 1 saturated carbocycles. The minimum Gasteiger partial charge on any atom is -0.493 e. The number of pyridine rings is 1. The molecule has 1 atom stereocenters. The van der Waals surface area contributed by atoms with Crippen LogP contribution in [0.5, 0.6) is 5.75 Å². The van der Waals surface area contributed by atoms with E-state index in [1.807, 2.05) is 38.1 Å². The molecule has 2 N–H and O–H groups in total. The first-order valence-corrected chi connectivity index (χ1v) is 9.19. The number of benzene rings is 1. The number of nitrogens with one attached hydrogen (secondary N) is 1. The van der Waals surface area contributed by atoms with E-state index in [0.29, 0.717) is 25.0 Å². The first kappa shape index (κ1) is 17.0. The van der Waals surface area contributed by atoms with Crippen molar-refractivity contribution >= 4 is 5.91 Å². The maximum Gasteiger partial charge on any atom is 0.251 e.